The van der Waals surface area contributed by atoms with Gasteiger partial charge in [-0.15, -0.1) is 0 Å². The van der Waals surface area contributed by atoms with Gasteiger partial charge in [-0.1, -0.05) is 30.1 Å². The number of nitrogen functional groups attached to an aromatic ring is 1. The van der Waals surface area contributed by atoms with E-state index in [0.29, 0.717) is 40.4 Å². The van der Waals surface area contributed by atoms with E-state index in [-0.39, 0.29) is 34.2 Å². The molecule has 9 nitrogen and oxygen atoms in total. The number of aldehydes is 1. The van der Waals surface area contributed by atoms with Crippen molar-refractivity contribution in [3.05, 3.63) is 87.8 Å². The Morgan fingerprint density at radius 2 is 1.97 bits per heavy atom. The van der Waals surface area contributed by atoms with Crippen LogP contribution in [0.5, 0.6) is 0 Å². The summed E-state index contributed by atoms with van der Waals surface area (Å²) >= 11 is 12.1. The summed E-state index contributed by atoms with van der Waals surface area (Å²) in [5.74, 6) is 4.67. The summed E-state index contributed by atoms with van der Waals surface area (Å²) in [7, 11) is 1.83. The first-order valence-corrected chi connectivity index (χ1v) is 12.5. The van der Waals surface area contributed by atoms with Crippen molar-refractivity contribution in [2.45, 2.75) is 19.4 Å². The van der Waals surface area contributed by atoms with Crippen LogP contribution in [-0.4, -0.2) is 33.2 Å². The number of hydrogen-bond acceptors (Lipinski definition) is 8. The van der Waals surface area contributed by atoms with Crippen molar-refractivity contribution >= 4 is 46.6 Å². The number of allylic oxidation sites excluding steroid dienone is 4. The van der Waals surface area contributed by atoms with Gasteiger partial charge >= 0.3 is 0 Å². The van der Waals surface area contributed by atoms with Gasteiger partial charge in [0.2, 0.25) is 11.9 Å². The van der Waals surface area contributed by atoms with Crippen LogP contribution in [-0.2, 0) is 4.79 Å². The number of anilines is 2. The summed E-state index contributed by atoms with van der Waals surface area (Å²) in [6, 6.07) is 7.36. The lowest BCUT2D eigenvalue weighted by Gasteiger charge is -2.23. The molecular formula is C26H26Cl2F2N8O. The number of benzene rings is 1. The quantitative estimate of drug-likeness (QED) is 0.0783. The number of likely N-dealkylation sites (tertiary alicyclic amines) is 1. The van der Waals surface area contributed by atoms with Gasteiger partial charge in [0.25, 0.3) is 0 Å². The summed E-state index contributed by atoms with van der Waals surface area (Å²) in [6.45, 7) is 2.00. The number of nitrogens with one attached hydrogen (secondary N) is 1. The molecule has 3 aromatic rings. The van der Waals surface area contributed by atoms with E-state index in [1.165, 1.54) is 29.4 Å². The topological polar surface area (TPSA) is 143 Å². The van der Waals surface area contributed by atoms with Crippen LogP contribution in [0.15, 0.2) is 59.5 Å². The molecule has 1 fully saturated rings. The standard InChI is InChI=1S/C26H26Cl2F2N8O/c1-13-9-20(26-35-23(25(30)36-26)16-4-6-22(32)34-24(16)29)37(2)19(13)10-14(7-8-39)17-11-15(27)3-5-18(17)38(33)12-21(28)31/h3-8,10-13,20H,9,31,33H2,1-2H3,(H2,32,34)(H,35,36)/b14-7+,19-10-,21-12-/t13-,20?/m1/s1. The lowest BCUT2D eigenvalue weighted by atomic mass is 9.98. The molecule has 1 saturated heterocycles. The van der Waals surface area contributed by atoms with Gasteiger partial charge in [0.15, 0.2) is 0 Å². The van der Waals surface area contributed by atoms with Crippen LogP contribution in [0.25, 0.3) is 16.8 Å². The van der Waals surface area contributed by atoms with Gasteiger partial charge in [-0.05, 0) is 60.4 Å². The average Bonchev–Trinajstić information content (AvgIpc) is 3.37. The van der Waals surface area contributed by atoms with Crippen molar-refractivity contribution in [3.63, 3.8) is 0 Å². The van der Waals surface area contributed by atoms with Crippen molar-refractivity contribution in [1.29, 1.82) is 0 Å². The highest BCUT2D eigenvalue weighted by atomic mass is 35.5. The predicted octanol–water partition coefficient (Wildman–Crippen LogP) is 4.84. The Morgan fingerprint density at radius 1 is 1.23 bits per heavy atom. The summed E-state index contributed by atoms with van der Waals surface area (Å²) in [5, 5.41) is 1.62. The number of nitrogens with zero attached hydrogens (tertiary/aromatic N) is 4. The van der Waals surface area contributed by atoms with Crippen molar-refractivity contribution in [2.75, 3.05) is 17.8 Å². The fourth-order valence-corrected chi connectivity index (χ4v) is 4.91. The van der Waals surface area contributed by atoms with Crippen LogP contribution in [0.2, 0.25) is 5.02 Å². The Hall–Kier alpha value is -3.93. The minimum Gasteiger partial charge on any atom is -0.388 e. The first-order chi connectivity index (χ1) is 18.5. The maximum Gasteiger partial charge on any atom is 0.239 e. The van der Waals surface area contributed by atoms with Crippen LogP contribution in [0.4, 0.5) is 20.3 Å². The number of H-pyrrole nitrogens is 1. The number of carbonyl (C=O) groups is 1. The molecule has 0 aliphatic carbocycles. The fourth-order valence-electron chi connectivity index (χ4n) is 4.64. The third-order valence-corrected chi connectivity index (χ3v) is 6.78. The molecular weight excluding hydrogens is 549 g/mol. The summed E-state index contributed by atoms with van der Waals surface area (Å²) in [4.78, 5) is 24.1. The SMILES string of the molecule is C[C@@H]1CC(c2nc(F)c(-c3ccc(N)nc3F)[nH]2)N(C)/C1=C\C(=C/C=O)c1cc(Cl)ccc1N(N)/C=C(\N)Cl. The van der Waals surface area contributed by atoms with Crippen molar-refractivity contribution in [2.24, 2.45) is 17.5 Å². The molecule has 13 heteroatoms. The van der Waals surface area contributed by atoms with Crippen LogP contribution >= 0.6 is 23.2 Å². The smallest absolute Gasteiger partial charge is 0.239 e. The Morgan fingerprint density at radius 3 is 2.64 bits per heavy atom. The largest absolute Gasteiger partial charge is 0.388 e. The first-order valence-electron chi connectivity index (χ1n) is 11.7. The van der Waals surface area contributed by atoms with Crippen LogP contribution < -0.4 is 22.3 Å². The molecule has 0 amide bonds. The highest BCUT2D eigenvalue weighted by Gasteiger charge is 2.35. The molecule has 1 aliphatic heterocycles. The molecule has 0 spiro atoms. The number of carbonyl (C=O) groups excluding carboxylic acids is 1. The lowest BCUT2D eigenvalue weighted by molar-refractivity contribution is -0.104. The molecule has 2 aromatic heterocycles. The molecule has 204 valence electrons. The molecule has 1 aliphatic rings. The second kappa shape index (κ2) is 11.4. The third-order valence-electron chi connectivity index (χ3n) is 6.45. The van der Waals surface area contributed by atoms with Gasteiger partial charge in [0.1, 0.15) is 28.8 Å². The summed E-state index contributed by atoms with van der Waals surface area (Å²) in [5.41, 5.74) is 13.3. The minimum absolute atomic E-state index is 0.0162. The van der Waals surface area contributed by atoms with E-state index in [1.54, 1.807) is 18.2 Å². The van der Waals surface area contributed by atoms with Crippen LogP contribution in [0, 0.1) is 17.8 Å². The zero-order chi connectivity index (χ0) is 28.4. The van der Waals surface area contributed by atoms with Gasteiger partial charge < -0.3 is 21.4 Å². The molecule has 1 unspecified atom stereocenters. The Bertz CT molecular complexity index is 1500. The van der Waals surface area contributed by atoms with Gasteiger partial charge in [-0.2, -0.15) is 8.78 Å². The fraction of sp³-hybridized carbons (Fsp3) is 0.192. The highest BCUT2D eigenvalue weighted by molar-refractivity contribution is 6.31. The average molecular weight is 575 g/mol. The van der Waals surface area contributed by atoms with Gasteiger partial charge in [0.05, 0.1) is 23.5 Å². The second-order valence-electron chi connectivity index (χ2n) is 9.04. The highest BCUT2D eigenvalue weighted by Crippen LogP contribution is 2.42. The summed E-state index contributed by atoms with van der Waals surface area (Å²) < 4.78 is 29.2. The van der Waals surface area contributed by atoms with E-state index in [0.717, 1.165) is 5.70 Å². The van der Waals surface area contributed by atoms with Crippen LogP contribution in [0.1, 0.15) is 30.8 Å². The van der Waals surface area contributed by atoms with Gasteiger partial charge in [-0.25, -0.2) is 15.8 Å². The van der Waals surface area contributed by atoms with E-state index >= 15 is 0 Å². The van der Waals surface area contributed by atoms with Gasteiger partial charge in [0, 0.05) is 23.3 Å². The van der Waals surface area contributed by atoms with Crippen molar-refractivity contribution in [1.82, 2.24) is 19.9 Å². The van der Waals surface area contributed by atoms with Crippen molar-refractivity contribution in [3.8, 4) is 11.3 Å². The van der Waals surface area contributed by atoms with E-state index in [4.69, 9.17) is 40.5 Å². The number of pyridine rings is 1. The maximum atomic E-state index is 14.8. The number of hydrogen-bond donors (Lipinski definition) is 4. The molecule has 2 atom stereocenters. The van der Waals surface area contributed by atoms with E-state index in [1.807, 2.05) is 24.9 Å². The number of aromatic nitrogens is 3. The zero-order valence-electron chi connectivity index (χ0n) is 21.0. The normalized spacial score (nSPS) is 19.2. The van der Waals surface area contributed by atoms with Crippen molar-refractivity contribution < 1.29 is 13.6 Å². The number of rotatable bonds is 7. The van der Waals surface area contributed by atoms with E-state index in [9.17, 15) is 13.6 Å². The molecule has 0 bridgehead atoms. The molecule has 7 N–H and O–H groups in total. The number of imidazole rings is 1. The Balaban J connectivity index is 1.72. The lowest BCUT2D eigenvalue weighted by Crippen LogP contribution is -2.26. The first kappa shape index (κ1) is 28.1. The van der Waals surface area contributed by atoms with E-state index < -0.39 is 11.9 Å². The van der Waals surface area contributed by atoms with Gasteiger partial charge in [-0.3, -0.25) is 9.80 Å². The number of aromatic amines is 1. The monoisotopic (exact) mass is 574 g/mol. The third kappa shape index (κ3) is 5.90. The van der Waals surface area contributed by atoms with E-state index in [2.05, 4.69) is 15.0 Å². The molecule has 1 aromatic carbocycles. The molecule has 4 rings (SSSR count). The maximum absolute atomic E-state index is 14.8. The predicted molar refractivity (Wildman–Crippen MR) is 149 cm³/mol. The molecule has 3 heterocycles. The minimum atomic E-state index is -0.904. The Kier molecular flexibility index (Phi) is 8.24. The molecule has 0 saturated carbocycles. The number of hydrazine groups is 1. The van der Waals surface area contributed by atoms with Crippen LogP contribution in [0.3, 0.4) is 0 Å². The Labute approximate surface area is 233 Å². The number of halogens is 4. The number of nitrogens with two attached hydrogens (primary N) is 3. The molecule has 39 heavy (non-hydrogen) atoms. The molecule has 0 radical (unpaired) electrons. The second-order valence-corrected chi connectivity index (χ2v) is 9.91. The summed E-state index contributed by atoms with van der Waals surface area (Å²) in [6.07, 6.45) is 5.77. The zero-order valence-corrected chi connectivity index (χ0v) is 22.5.